The van der Waals surface area contributed by atoms with Crippen molar-refractivity contribution in [3.63, 3.8) is 0 Å². The van der Waals surface area contributed by atoms with Gasteiger partial charge in [0.05, 0.1) is 26.4 Å². The van der Waals surface area contributed by atoms with Gasteiger partial charge in [-0.1, -0.05) is 285 Å². The van der Waals surface area contributed by atoms with Gasteiger partial charge in [0, 0.05) is 25.7 Å². The molecule has 85 heavy (non-hydrogen) atoms. The molecule has 17 nitrogen and oxygen atoms in total. The van der Waals surface area contributed by atoms with Gasteiger partial charge in [-0.15, -0.1) is 0 Å². The maximum Gasteiger partial charge on any atom is 0.472 e. The van der Waals surface area contributed by atoms with E-state index >= 15 is 0 Å². The van der Waals surface area contributed by atoms with Crippen molar-refractivity contribution in [1.29, 1.82) is 0 Å². The highest BCUT2D eigenvalue weighted by molar-refractivity contribution is 7.47. The largest absolute Gasteiger partial charge is 0.472 e. The number of phosphoric acid groups is 2. The van der Waals surface area contributed by atoms with Crippen molar-refractivity contribution in [2.75, 3.05) is 39.6 Å². The van der Waals surface area contributed by atoms with E-state index in [1.165, 1.54) is 148 Å². The first-order chi connectivity index (χ1) is 41.0. The third-order valence-corrected chi connectivity index (χ3v) is 17.2. The predicted molar refractivity (Wildman–Crippen MR) is 340 cm³/mol. The number of ether oxygens (including phenoxy) is 4. The van der Waals surface area contributed by atoms with Crippen molar-refractivity contribution in [2.45, 2.75) is 355 Å². The summed E-state index contributed by atoms with van der Waals surface area (Å²) in [5, 5.41) is 10.5. The van der Waals surface area contributed by atoms with Gasteiger partial charge in [0.2, 0.25) is 0 Å². The Morgan fingerprint density at radius 1 is 0.318 bits per heavy atom. The molecule has 0 amide bonds. The number of carbonyl (C=O) groups excluding carboxylic acids is 4. The summed E-state index contributed by atoms with van der Waals surface area (Å²) in [7, 11) is -9.89. The van der Waals surface area contributed by atoms with Gasteiger partial charge in [0.1, 0.15) is 19.3 Å². The predicted octanol–water partition coefficient (Wildman–Crippen LogP) is 18.6. The molecule has 0 bridgehead atoms. The summed E-state index contributed by atoms with van der Waals surface area (Å²) in [5.74, 6) is -1.41. The topological polar surface area (TPSA) is 237 Å². The van der Waals surface area contributed by atoms with E-state index in [1.54, 1.807) is 0 Å². The fourth-order valence-corrected chi connectivity index (χ4v) is 11.5. The van der Waals surface area contributed by atoms with Crippen molar-refractivity contribution >= 4 is 39.5 Å². The quantitative estimate of drug-likeness (QED) is 0.0222. The summed E-state index contributed by atoms with van der Waals surface area (Å²) >= 11 is 0. The average molecular weight is 1260 g/mol. The maximum atomic E-state index is 13.0. The van der Waals surface area contributed by atoms with Gasteiger partial charge in [-0.25, -0.2) is 9.13 Å². The average Bonchev–Trinajstić information content (AvgIpc) is 3.57. The highest BCUT2D eigenvalue weighted by Gasteiger charge is 2.30. The van der Waals surface area contributed by atoms with E-state index in [9.17, 15) is 43.2 Å². The zero-order chi connectivity index (χ0) is 62.8. The van der Waals surface area contributed by atoms with Gasteiger partial charge in [-0.3, -0.25) is 37.3 Å². The number of hydrogen-bond acceptors (Lipinski definition) is 15. The Morgan fingerprint density at radius 2 is 0.541 bits per heavy atom. The smallest absolute Gasteiger partial charge is 0.462 e. The number of aliphatic hydroxyl groups excluding tert-OH is 1. The molecule has 0 fully saturated rings. The molecule has 0 saturated carbocycles. The molecule has 19 heteroatoms. The third kappa shape index (κ3) is 60.7. The molecule has 0 saturated heterocycles. The number of unbranched alkanes of at least 4 members (excludes halogenated alkanes) is 38. The van der Waals surface area contributed by atoms with Crippen LogP contribution in [-0.2, 0) is 65.4 Å². The van der Waals surface area contributed by atoms with Crippen LogP contribution in [0.5, 0.6) is 0 Å². The number of aliphatic hydroxyl groups is 1. The van der Waals surface area contributed by atoms with Crippen molar-refractivity contribution in [2.24, 2.45) is 5.92 Å². The molecular formula is C66H128O17P2. The summed E-state index contributed by atoms with van der Waals surface area (Å²) in [4.78, 5) is 72.2. The molecule has 3 N–H and O–H groups in total. The molecule has 0 rings (SSSR count). The standard InChI is InChI=1S/C66H128O17P2/c1-6-9-12-15-18-20-22-24-26-28-30-36-41-46-51-65(70)82-62(56-77-64(69)50-45-40-35-29-27-25-23-21-19-16-13-10-7-2)58-81-85(74,75)79-54-60(67)53-78-84(72,73)80-57-61(55-76-63(68)49-44-39-33-17-14-11-8-3)83-66(71)52-47-42-37-32-31-34-38-43-48-59(4)5/h59-62,67H,6-58H2,1-5H3,(H,72,73)(H,74,75)/t60-,61+,62+/m0/s1. The van der Waals surface area contributed by atoms with Gasteiger partial charge in [-0.05, 0) is 31.6 Å². The summed E-state index contributed by atoms with van der Waals surface area (Å²) in [6.07, 6.45) is 44.5. The molecule has 0 aromatic heterocycles. The van der Waals surface area contributed by atoms with E-state index in [0.29, 0.717) is 25.7 Å². The maximum absolute atomic E-state index is 13.0. The molecule has 0 aliphatic rings. The lowest BCUT2D eigenvalue weighted by atomic mass is 10.0. The lowest BCUT2D eigenvalue weighted by Gasteiger charge is -2.21. The van der Waals surface area contributed by atoms with E-state index < -0.39 is 97.5 Å². The Labute approximate surface area is 517 Å². The number of hydrogen-bond donors (Lipinski definition) is 3. The fraction of sp³-hybridized carbons (Fsp3) is 0.939. The lowest BCUT2D eigenvalue weighted by molar-refractivity contribution is -0.161. The second-order valence-electron chi connectivity index (χ2n) is 24.3. The van der Waals surface area contributed by atoms with Crippen molar-refractivity contribution in [1.82, 2.24) is 0 Å². The Bertz CT molecular complexity index is 1650. The van der Waals surface area contributed by atoms with E-state index in [4.69, 9.17) is 37.0 Å². The second kappa shape index (κ2) is 59.7. The summed E-state index contributed by atoms with van der Waals surface area (Å²) in [6, 6.07) is 0. The molecular weight excluding hydrogens is 1130 g/mol. The van der Waals surface area contributed by atoms with Crippen molar-refractivity contribution < 1.29 is 80.2 Å². The van der Waals surface area contributed by atoms with Gasteiger partial charge >= 0.3 is 39.5 Å². The SMILES string of the molecule is CCCCCCCCCCCCCCCCC(=O)O[C@H](COC(=O)CCCCCCCCCCCCCCC)COP(=O)(O)OC[C@@H](O)COP(=O)(O)OC[C@@H](COC(=O)CCCCCCCCC)OC(=O)CCCCCCCCCCC(C)C. The molecule has 0 aromatic rings. The minimum atomic E-state index is -4.95. The van der Waals surface area contributed by atoms with Crippen LogP contribution in [0.25, 0.3) is 0 Å². The Hall–Kier alpha value is -1.94. The molecule has 0 aromatic carbocycles. The fourth-order valence-electron chi connectivity index (χ4n) is 9.94. The number of rotatable bonds is 66. The number of esters is 4. The summed E-state index contributed by atoms with van der Waals surface area (Å²) in [6.45, 7) is 7.14. The highest BCUT2D eigenvalue weighted by Crippen LogP contribution is 2.45. The minimum absolute atomic E-state index is 0.104. The first-order valence-corrected chi connectivity index (χ1v) is 37.6. The van der Waals surface area contributed by atoms with Crippen LogP contribution in [0.1, 0.15) is 336 Å². The van der Waals surface area contributed by atoms with Gasteiger partial charge in [0.25, 0.3) is 0 Å². The Kier molecular flexibility index (Phi) is 58.3. The molecule has 2 unspecified atom stereocenters. The minimum Gasteiger partial charge on any atom is -0.462 e. The molecule has 0 aliphatic carbocycles. The van der Waals surface area contributed by atoms with Crippen LogP contribution in [0.2, 0.25) is 0 Å². The van der Waals surface area contributed by atoms with Crippen LogP contribution in [0.3, 0.4) is 0 Å². The first-order valence-electron chi connectivity index (χ1n) is 34.6. The van der Waals surface area contributed by atoms with Crippen molar-refractivity contribution in [3.05, 3.63) is 0 Å². The molecule has 0 aliphatic heterocycles. The highest BCUT2D eigenvalue weighted by atomic mass is 31.2. The molecule has 0 radical (unpaired) electrons. The summed E-state index contributed by atoms with van der Waals surface area (Å²) in [5.41, 5.74) is 0. The third-order valence-electron chi connectivity index (χ3n) is 15.3. The van der Waals surface area contributed by atoms with Crippen LogP contribution in [0.4, 0.5) is 0 Å². The number of phosphoric ester groups is 2. The van der Waals surface area contributed by atoms with Crippen molar-refractivity contribution in [3.8, 4) is 0 Å². The van der Waals surface area contributed by atoms with Gasteiger partial charge in [0.15, 0.2) is 12.2 Å². The molecule has 5 atom stereocenters. The monoisotopic (exact) mass is 1250 g/mol. The van der Waals surface area contributed by atoms with Crippen LogP contribution >= 0.6 is 15.6 Å². The van der Waals surface area contributed by atoms with E-state index in [-0.39, 0.29) is 25.7 Å². The summed E-state index contributed by atoms with van der Waals surface area (Å²) < 4.78 is 68.0. The van der Waals surface area contributed by atoms with Crippen LogP contribution in [0.15, 0.2) is 0 Å². The van der Waals surface area contributed by atoms with Gasteiger partial charge < -0.3 is 33.8 Å². The normalized spacial score (nSPS) is 14.2. The zero-order valence-corrected chi connectivity index (χ0v) is 56.5. The van der Waals surface area contributed by atoms with E-state index in [1.807, 2.05) is 0 Å². The van der Waals surface area contributed by atoms with Crippen LogP contribution in [0, 0.1) is 5.92 Å². The Morgan fingerprint density at radius 3 is 0.800 bits per heavy atom. The van der Waals surface area contributed by atoms with Gasteiger partial charge in [-0.2, -0.15) is 0 Å². The van der Waals surface area contributed by atoms with E-state index in [2.05, 4.69) is 34.6 Å². The molecule has 0 heterocycles. The van der Waals surface area contributed by atoms with E-state index in [0.717, 1.165) is 109 Å². The zero-order valence-electron chi connectivity index (χ0n) is 54.7. The molecule has 504 valence electrons. The lowest BCUT2D eigenvalue weighted by Crippen LogP contribution is -2.30. The Balaban J connectivity index is 5.21. The number of carbonyl (C=O) groups is 4. The second-order valence-corrected chi connectivity index (χ2v) is 27.2. The first kappa shape index (κ1) is 83.1. The van der Waals surface area contributed by atoms with Crippen LogP contribution in [-0.4, -0.2) is 96.7 Å². The molecule has 0 spiro atoms. The van der Waals surface area contributed by atoms with Crippen LogP contribution < -0.4 is 0 Å².